The van der Waals surface area contributed by atoms with Crippen LogP contribution in [0, 0.1) is 6.92 Å². The third-order valence-corrected chi connectivity index (χ3v) is 2.92. The van der Waals surface area contributed by atoms with Gasteiger partial charge in [-0.25, -0.2) is 4.68 Å². The van der Waals surface area contributed by atoms with Crippen LogP contribution in [-0.2, 0) is 0 Å². The van der Waals surface area contributed by atoms with Gasteiger partial charge in [-0.2, -0.15) is 5.10 Å². The van der Waals surface area contributed by atoms with Crippen LogP contribution in [-0.4, -0.2) is 15.7 Å². The molecular weight excluding hydrogens is 220 g/mol. The van der Waals surface area contributed by atoms with Crippen LogP contribution in [0.2, 0.25) is 4.34 Å². The Balaban J connectivity index is 2.33. The summed E-state index contributed by atoms with van der Waals surface area (Å²) < 4.78 is 1.93. The van der Waals surface area contributed by atoms with Gasteiger partial charge in [0.05, 0.1) is 15.4 Å². The van der Waals surface area contributed by atoms with E-state index in [1.165, 1.54) is 16.0 Å². The van der Waals surface area contributed by atoms with E-state index in [9.17, 15) is 4.79 Å². The molecule has 14 heavy (non-hydrogen) atoms. The van der Waals surface area contributed by atoms with Crippen LogP contribution >= 0.6 is 22.9 Å². The minimum Gasteiger partial charge on any atom is -0.266 e. The average Bonchev–Trinajstić information content (AvgIpc) is 2.73. The first-order chi connectivity index (χ1) is 6.66. The van der Waals surface area contributed by atoms with E-state index in [0.29, 0.717) is 9.21 Å². The Morgan fingerprint density at radius 3 is 2.86 bits per heavy atom. The summed E-state index contributed by atoms with van der Waals surface area (Å²) in [4.78, 5) is 12.3. The van der Waals surface area contributed by atoms with Gasteiger partial charge in [-0.15, -0.1) is 11.3 Å². The molecule has 0 N–H and O–H groups in total. The van der Waals surface area contributed by atoms with E-state index in [4.69, 9.17) is 11.6 Å². The molecule has 0 aromatic carbocycles. The van der Waals surface area contributed by atoms with Crippen molar-refractivity contribution < 1.29 is 4.79 Å². The van der Waals surface area contributed by atoms with Gasteiger partial charge in [-0.1, -0.05) is 11.6 Å². The maximum atomic E-state index is 11.7. The first-order valence-electron chi connectivity index (χ1n) is 3.98. The molecule has 0 atom stereocenters. The summed E-state index contributed by atoms with van der Waals surface area (Å²) in [6.07, 6.45) is 3.34. The molecule has 0 aliphatic carbocycles. The Bertz CT molecular complexity index is 432. The molecule has 0 spiro atoms. The lowest BCUT2D eigenvalue weighted by Crippen LogP contribution is -2.10. The Hall–Kier alpha value is -1.13. The van der Waals surface area contributed by atoms with E-state index in [1.807, 2.05) is 6.92 Å². The molecule has 0 unspecified atom stereocenters. The van der Waals surface area contributed by atoms with Crippen LogP contribution in [0.15, 0.2) is 24.5 Å². The maximum Gasteiger partial charge on any atom is 0.288 e. The predicted molar refractivity (Wildman–Crippen MR) is 56.0 cm³/mol. The summed E-state index contributed by atoms with van der Waals surface area (Å²) in [6, 6.07) is 3.40. The number of hydrogen-bond acceptors (Lipinski definition) is 3. The first-order valence-corrected chi connectivity index (χ1v) is 5.17. The fourth-order valence-corrected chi connectivity index (χ4v) is 2.04. The molecule has 3 nitrogen and oxygen atoms in total. The minimum atomic E-state index is -0.144. The van der Waals surface area contributed by atoms with Gasteiger partial charge in [0.1, 0.15) is 0 Å². The smallest absolute Gasteiger partial charge is 0.266 e. The zero-order chi connectivity index (χ0) is 10.1. The number of carbonyl (C=O) groups excluding carboxylic acids is 1. The molecule has 5 heteroatoms. The number of carbonyl (C=O) groups is 1. The lowest BCUT2D eigenvalue weighted by atomic mass is 10.4. The topological polar surface area (TPSA) is 34.9 Å². The molecule has 0 aliphatic rings. The van der Waals surface area contributed by atoms with Gasteiger partial charge in [0, 0.05) is 6.20 Å². The fraction of sp³-hybridized carbons (Fsp3) is 0.111. The maximum absolute atomic E-state index is 11.7. The Labute approximate surface area is 89.9 Å². The summed E-state index contributed by atoms with van der Waals surface area (Å²) in [7, 11) is 0. The fourth-order valence-electron chi connectivity index (χ4n) is 1.07. The van der Waals surface area contributed by atoms with Gasteiger partial charge in [-0.05, 0) is 24.6 Å². The highest BCUT2D eigenvalue weighted by Crippen LogP contribution is 2.22. The van der Waals surface area contributed by atoms with Crippen molar-refractivity contribution in [3.8, 4) is 0 Å². The number of halogens is 1. The van der Waals surface area contributed by atoms with Crippen LogP contribution < -0.4 is 0 Å². The number of thiophene rings is 1. The van der Waals surface area contributed by atoms with Crippen LogP contribution in [0.5, 0.6) is 0 Å². The molecule has 0 amide bonds. The third kappa shape index (κ3) is 1.71. The number of hydrogen-bond donors (Lipinski definition) is 0. The Kier molecular flexibility index (Phi) is 2.39. The van der Waals surface area contributed by atoms with Crippen molar-refractivity contribution in [2.45, 2.75) is 6.92 Å². The highest BCUT2D eigenvalue weighted by Gasteiger charge is 2.11. The number of aromatic nitrogens is 2. The van der Waals surface area contributed by atoms with Crippen molar-refractivity contribution in [1.29, 1.82) is 0 Å². The molecule has 2 heterocycles. The zero-order valence-corrected chi connectivity index (χ0v) is 8.97. The van der Waals surface area contributed by atoms with Crippen LogP contribution in [0.4, 0.5) is 0 Å². The van der Waals surface area contributed by atoms with E-state index in [0.717, 1.165) is 5.56 Å². The molecule has 0 bridgehead atoms. The molecule has 72 valence electrons. The van der Waals surface area contributed by atoms with Gasteiger partial charge in [0.15, 0.2) is 0 Å². The van der Waals surface area contributed by atoms with E-state index < -0.39 is 0 Å². The number of rotatable bonds is 1. The zero-order valence-electron chi connectivity index (χ0n) is 7.40. The largest absolute Gasteiger partial charge is 0.288 e. The van der Waals surface area contributed by atoms with Gasteiger partial charge >= 0.3 is 0 Å². The van der Waals surface area contributed by atoms with Crippen molar-refractivity contribution in [3.63, 3.8) is 0 Å². The van der Waals surface area contributed by atoms with Crippen LogP contribution in [0.1, 0.15) is 15.2 Å². The average molecular weight is 227 g/mol. The van der Waals surface area contributed by atoms with Gasteiger partial charge < -0.3 is 0 Å². The van der Waals surface area contributed by atoms with Crippen molar-refractivity contribution in [2.75, 3.05) is 0 Å². The van der Waals surface area contributed by atoms with Crippen molar-refractivity contribution in [3.05, 3.63) is 39.3 Å². The second-order valence-corrected chi connectivity index (χ2v) is 4.59. The highest BCUT2D eigenvalue weighted by atomic mass is 35.5. The summed E-state index contributed by atoms with van der Waals surface area (Å²) >= 11 is 6.99. The van der Waals surface area contributed by atoms with Gasteiger partial charge in [0.2, 0.25) is 0 Å². The summed E-state index contributed by atoms with van der Waals surface area (Å²) in [5.41, 5.74) is 0.959. The summed E-state index contributed by atoms with van der Waals surface area (Å²) in [5.74, 6) is -0.144. The number of aryl methyl sites for hydroxylation is 1. The quantitative estimate of drug-likeness (QED) is 0.749. The normalized spacial score (nSPS) is 10.4. The van der Waals surface area contributed by atoms with Crippen molar-refractivity contribution in [2.24, 2.45) is 0 Å². The predicted octanol–water partition coefficient (Wildman–Crippen LogP) is 2.59. The van der Waals surface area contributed by atoms with Crippen LogP contribution in [0.25, 0.3) is 0 Å². The van der Waals surface area contributed by atoms with E-state index in [1.54, 1.807) is 24.5 Å². The summed E-state index contributed by atoms with van der Waals surface area (Å²) in [6.45, 7) is 1.89. The minimum absolute atomic E-state index is 0.144. The second kappa shape index (κ2) is 3.55. The SMILES string of the molecule is Cc1cnn(C(=O)c2ccc(Cl)s2)c1. The molecule has 2 aromatic heterocycles. The standard InChI is InChI=1S/C9H7ClN2OS/c1-6-4-11-12(5-6)9(13)7-2-3-8(10)14-7/h2-5H,1H3. The van der Waals surface area contributed by atoms with Crippen LogP contribution in [0.3, 0.4) is 0 Å². The molecule has 2 rings (SSSR count). The number of nitrogens with zero attached hydrogens (tertiary/aromatic N) is 2. The molecule has 0 aliphatic heterocycles. The molecule has 0 saturated carbocycles. The van der Waals surface area contributed by atoms with E-state index in [2.05, 4.69) is 5.10 Å². The van der Waals surface area contributed by atoms with Crippen molar-refractivity contribution in [1.82, 2.24) is 9.78 Å². The molecule has 0 radical (unpaired) electrons. The van der Waals surface area contributed by atoms with E-state index >= 15 is 0 Å². The summed E-state index contributed by atoms with van der Waals surface area (Å²) in [5, 5.41) is 3.93. The van der Waals surface area contributed by atoms with Crippen molar-refractivity contribution >= 4 is 28.8 Å². The van der Waals surface area contributed by atoms with Gasteiger partial charge in [0.25, 0.3) is 5.91 Å². The molecule has 0 saturated heterocycles. The highest BCUT2D eigenvalue weighted by molar-refractivity contribution is 7.18. The Morgan fingerprint density at radius 2 is 2.36 bits per heavy atom. The molecule has 2 aromatic rings. The lowest BCUT2D eigenvalue weighted by Gasteiger charge is -1.94. The third-order valence-electron chi connectivity index (χ3n) is 1.70. The van der Waals surface area contributed by atoms with Gasteiger partial charge in [-0.3, -0.25) is 4.79 Å². The molecular formula is C9H7ClN2OS. The first kappa shape index (κ1) is 9.43. The second-order valence-electron chi connectivity index (χ2n) is 2.87. The van der Waals surface area contributed by atoms with E-state index in [-0.39, 0.29) is 5.91 Å². The Morgan fingerprint density at radius 1 is 1.57 bits per heavy atom. The lowest BCUT2D eigenvalue weighted by molar-refractivity contribution is 0.0949. The molecule has 0 fully saturated rings. The monoisotopic (exact) mass is 226 g/mol.